The van der Waals surface area contributed by atoms with Crippen LogP contribution in [-0.4, -0.2) is 37.7 Å². The summed E-state index contributed by atoms with van der Waals surface area (Å²) in [4.78, 5) is 26.9. The number of thiophene rings is 1. The van der Waals surface area contributed by atoms with Crippen LogP contribution < -0.4 is 5.32 Å². The number of aryl methyl sites for hydroxylation is 2. The topological polar surface area (TPSA) is 89.8 Å². The van der Waals surface area contributed by atoms with E-state index in [1.165, 1.54) is 32.7 Å². The summed E-state index contributed by atoms with van der Waals surface area (Å²) in [6, 6.07) is 9.24. The molecule has 1 aromatic carbocycles. The fourth-order valence-electron chi connectivity index (χ4n) is 3.26. The zero-order valence-corrected chi connectivity index (χ0v) is 17.0. The molecule has 2 heterocycles. The first-order chi connectivity index (χ1) is 13.6. The molecule has 4 rings (SSSR count). The molecule has 9 heteroatoms. The molecule has 0 bridgehead atoms. The molecule has 28 heavy (non-hydrogen) atoms. The number of nitrogens with zero attached hydrogens (tertiary/aromatic N) is 4. The van der Waals surface area contributed by atoms with E-state index >= 15 is 0 Å². The highest BCUT2D eigenvalue weighted by Gasteiger charge is 2.27. The molecule has 0 radical (unpaired) electrons. The first-order valence-corrected chi connectivity index (χ1v) is 10.8. The summed E-state index contributed by atoms with van der Waals surface area (Å²) in [5.41, 5.74) is 2.40. The van der Waals surface area contributed by atoms with Gasteiger partial charge in [-0.15, -0.1) is 16.4 Å². The van der Waals surface area contributed by atoms with Crippen molar-refractivity contribution < 1.29 is 9.59 Å². The van der Waals surface area contributed by atoms with Crippen molar-refractivity contribution in [2.75, 3.05) is 11.1 Å². The SMILES string of the molecule is Cn1nnnc1SCC(=O)Nc1sc2c(c1C(=O)c1ccccc1)CCCC2. The van der Waals surface area contributed by atoms with E-state index in [0.717, 1.165) is 31.2 Å². The van der Waals surface area contributed by atoms with Crippen LogP contribution >= 0.6 is 23.1 Å². The third-order valence-corrected chi connectivity index (χ3v) is 6.82. The number of anilines is 1. The number of aromatic nitrogens is 4. The van der Waals surface area contributed by atoms with Crippen LogP contribution in [-0.2, 0) is 24.7 Å². The second kappa shape index (κ2) is 8.24. The number of ketones is 1. The smallest absolute Gasteiger partial charge is 0.235 e. The largest absolute Gasteiger partial charge is 0.316 e. The molecular weight excluding hydrogens is 394 g/mol. The summed E-state index contributed by atoms with van der Waals surface area (Å²) in [5, 5.41) is 15.4. The van der Waals surface area contributed by atoms with E-state index in [1.807, 2.05) is 30.3 Å². The van der Waals surface area contributed by atoms with E-state index in [1.54, 1.807) is 7.05 Å². The third kappa shape index (κ3) is 3.85. The number of fused-ring (bicyclic) bond motifs is 1. The number of rotatable bonds is 6. The number of carbonyl (C=O) groups excluding carboxylic acids is 2. The molecule has 7 nitrogen and oxygen atoms in total. The van der Waals surface area contributed by atoms with Crippen molar-refractivity contribution in [1.29, 1.82) is 0 Å². The molecule has 0 unspecified atom stereocenters. The van der Waals surface area contributed by atoms with Crippen LogP contribution in [0.1, 0.15) is 39.2 Å². The Hall–Kier alpha value is -2.52. The monoisotopic (exact) mass is 413 g/mol. The molecule has 0 aliphatic heterocycles. The minimum atomic E-state index is -0.172. The van der Waals surface area contributed by atoms with Gasteiger partial charge in [-0.05, 0) is 41.7 Å². The van der Waals surface area contributed by atoms with Gasteiger partial charge >= 0.3 is 0 Å². The Morgan fingerprint density at radius 3 is 2.75 bits per heavy atom. The second-order valence-electron chi connectivity index (χ2n) is 6.53. The Bertz CT molecular complexity index is 1010. The Morgan fingerprint density at radius 2 is 2.00 bits per heavy atom. The normalized spacial score (nSPS) is 13.2. The van der Waals surface area contributed by atoms with Crippen molar-refractivity contribution in [3.63, 3.8) is 0 Å². The van der Waals surface area contributed by atoms with Gasteiger partial charge in [0.05, 0.1) is 11.3 Å². The lowest BCUT2D eigenvalue weighted by molar-refractivity contribution is -0.113. The minimum absolute atomic E-state index is 0.0274. The summed E-state index contributed by atoms with van der Waals surface area (Å²) < 4.78 is 1.52. The van der Waals surface area contributed by atoms with Crippen LogP contribution in [0.2, 0.25) is 0 Å². The lowest BCUT2D eigenvalue weighted by Gasteiger charge is -2.12. The van der Waals surface area contributed by atoms with Crippen molar-refractivity contribution in [2.45, 2.75) is 30.8 Å². The molecule has 0 atom stereocenters. The highest BCUT2D eigenvalue weighted by molar-refractivity contribution is 7.99. The highest BCUT2D eigenvalue weighted by Crippen LogP contribution is 2.39. The van der Waals surface area contributed by atoms with Crippen molar-refractivity contribution in [3.8, 4) is 0 Å². The molecular formula is C19H19N5O2S2. The zero-order chi connectivity index (χ0) is 19.5. The first-order valence-electron chi connectivity index (χ1n) is 9.03. The Kier molecular flexibility index (Phi) is 5.54. The lowest BCUT2D eigenvalue weighted by atomic mass is 9.92. The minimum Gasteiger partial charge on any atom is -0.316 e. The lowest BCUT2D eigenvalue weighted by Crippen LogP contribution is -2.16. The van der Waals surface area contributed by atoms with Gasteiger partial charge in [-0.3, -0.25) is 9.59 Å². The molecule has 1 aliphatic rings. The summed E-state index contributed by atoms with van der Waals surface area (Å²) in [6.07, 6.45) is 4.04. The fourth-order valence-corrected chi connectivity index (χ4v) is 5.22. The van der Waals surface area contributed by atoms with Gasteiger partial charge in [0.15, 0.2) is 5.78 Å². The van der Waals surface area contributed by atoms with Gasteiger partial charge in [-0.25, -0.2) is 4.68 Å². The average molecular weight is 414 g/mol. The number of hydrogen-bond acceptors (Lipinski definition) is 7. The van der Waals surface area contributed by atoms with Gasteiger partial charge in [0, 0.05) is 17.5 Å². The number of benzene rings is 1. The maximum Gasteiger partial charge on any atom is 0.235 e. The maximum absolute atomic E-state index is 13.2. The first kappa shape index (κ1) is 18.8. The summed E-state index contributed by atoms with van der Waals surface area (Å²) in [6.45, 7) is 0. The molecule has 1 N–H and O–H groups in total. The fraction of sp³-hybridized carbons (Fsp3) is 0.316. The van der Waals surface area contributed by atoms with Crippen LogP contribution in [0.3, 0.4) is 0 Å². The molecule has 0 saturated carbocycles. The van der Waals surface area contributed by atoms with E-state index in [-0.39, 0.29) is 17.4 Å². The molecule has 3 aromatic rings. The number of tetrazole rings is 1. The van der Waals surface area contributed by atoms with E-state index in [2.05, 4.69) is 20.8 Å². The third-order valence-electron chi connectivity index (χ3n) is 4.60. The summed E-state index contributed by atoms with van der Waals surface area (Å²) in [7, 11) is 1.73. The van der Waals surface area contributed by atoms with Gasteiger partial charge in [-0.1, -0.05) is 42.1 Å². The molecule has 0 fully saturated rings. The molecule has 0 saturated heterocycles. The quantitative estimate of drug-likeness (QED) is 0.493. The maximum atomic E-state index is 13.2. The van der Waals surface area contributed by atoms with Crippen molar-refractivity contribution in [3.05, 3.63) is 51.9 Å². The van der Waals surface area contributed by atoms with Crippen molar-refractivity contribution in [1.82, 2.24) is 20.2 Å². The Balaban J connectivity index is 1.58. The number of nitrogens with one attached hydrogen (secondary N) is 1. The van der Waals surface area contributed by atoms with Gasteiger partial charge in [0.25, 0.3) is 0 Å². The van der Waals surface area contributed by atoms with Crippen LogP contribution in [0.15, 0.2) is 35.5 Å². The van der Waals surface area contributed by atoms with Crippen LogP contribution in [0.5, 0.6) is 0 Å². The van der Waals surface area contributed by atoms with Crippen LogP contribution in [0, 0.1) is 0 Å². The van der Waals surface area contributed by atoms with Gasteiger partial charge in [-0.2, -0.15) is 0 Å². The molecule has 1 amide bonds. The number of amides is 1. The molecule has 1 aliphatic carbocycles. The van der Waals surface area contributed by atoms with E-state index < -0.39 is 0 Å². The Labute approximate surface area is 170 Å². The van der Waals surface area contributed by atoms with Gasteiger partial charge in [0.2, 0.25) is 11.1 Å². The predicted molar refractivity (Wildman–Crippen MR) is 109 cm³/mol. The average Bonchev–Trinajstić information content (AvgIpc) is 3.29. The number of hydrogen-bond donors (Lipinski definition) is 1. The van der Waals surface area contributed by atoms with Crippen molar-refractivity contribution in [2.24, 2.45) is 7.05 Å². The van der Waals surface area contributed by atoms with E-state index in [0.29, 0.717) is 21.3 Å². The summed E-state index contributed by atoms with van der Waals surface area (Å²) >= 11 is 2.79. The van der Waals surface area contributed by atoms with Crippen molar-refractivity contribution >= 4 is 39.8 Å². The standard InChI is InChI=1S/C19H19N5O2S2/c1-24-19(21-22-23-24)27-11-15(25)20-18-16(13-9-5-6-10-14(13)28-18)17(26)12-7-3-2-4-8-12/h2-4,7-8H,5-6,9-11H2,1H3,(H,20,25). The highest BCUT2D eigenvalue weighted by atomic mass is 32.2. The summed E-state index contributed by atoms with van der Waals surface area (Å²) in [5.74, 6) is -0.0235. The number of thioether (sulfide) groups is 1. The number of carbonyl (C=O) groups is 2. The van der Waals surface area contributed by atoms with Gasteiger partial charge in [0.1, 0.15) is 5.00 Å². The molecule has 2 aromatic heterocycles. The zero-order valence-electron chi connectivity index (χ0n) is 15.3. The van der Waals surface area contributed by atoms with Gasteiger partial charge < -0.3 is 5.32 Å². The molecule has 0 spiro atoms. The van der Waals surface area contributed by atoms with Crippen LogP contribution in [0.4, 0.5) is 5.00 Å². The Morgan fingerprint density at radius 1 is 1.21 bits per heavy atom. The second-order valence-corrected chi connectivity index (χ2v) is 8.58. The molecule has 144 valence electrons. The van der Waals surface area contributed by atoms with E-state index in [4.69, 9.17) is 0 Å². The van der Waals surface area contributed by atoms with E-state index in [9.17, 15) is 9.59 Å². The predicted octanol–water partition coefficient (Wildman–Crippen LogP) is 3.11. The van der Waals surface area contributed by atoms with Crippen LogP contribution in [0.25, 0.3) is 0 Å².